The van der Waals surface area contributed by atoms with Crippen LogP contribution >= 0.6 is 11.8 Å². The smallest absolute Gasteiger partial charge is 0.254 e. The third-order valence-electron chi connectivity index (χ3n) is 6.91. The van der Waals surface area contributed by atoms with Crippen LogP contribution in [0.4, 0.5) is 10.1 Å². The third-order valence-corrected chi connectivity index (χ3v) is 7.66. The van der Waals surface area contributed by atoms with Gasteiger partial charge in [-0.25, -0.2) is 4.39 Å². The van der Waals surface area contributed by atoms with Crippen molar-refractivity contribution in [2.75, 3.05) is 11.6 Å². The molecule has 1 aliphatic carbocycles. The highest BCUT2D eigenvalue weighted by Gasteiger charge is 2.41. The maximum Gasteiger partial charge on any atom is 0.254 e. The first kappa shape index (κ1) is 24.1. The van der Waals surface area contributed by atoms with Gasteiger partial charge in [0.15, 0.2) is 5.78 Å². The zero-order valence-corrected chi connectivity index (χ0v) is 21.0. The van der Waals surface area contributed by atoms with Gasteiger partial charge < -0.3 is 10.6 Å². The van der Waals surface area contributed by atoms with Crippen LogP contribution in [0.3, 0.4) is 0 Å². The number of dihydropyridines is 1. The number of carbonyl (C=O) groups excluding carboxylic acids is 2. The van der Waals surface area contributed by atoms with Gasteiger partial charge in [0.05, 0.1) is 5.69 Å². The van der Waals surface area contributed by atoms with Crippen LogP contribution in [-0.2, 0) is 9.59 Å². The lowest BCUT2D eigenvalue weighted by Crippen LogP contribution is -2.37. The highest BCUT2D eigenvalue weighted by Crippen LogP contribution is 2.45. The maximum atomic E-state index is 14.3. The van der Waals surface area contributed by atoms with Gasteiger partial charge in [-0.3, -0.25) is 9.59 Å². The Morgan fingerprint density at radius 1 is 0.944 bits per heavy atom. The van der Waals surface area contributed by atoms with Crippen LogP contribution in [0.25, 0.3) is 0 Å². The predicted molar refractivity (Wildman–Crippen MR) is 142 cm³/mol. The fraction of sp³-hybridized carbons (Fsp3) is 0.200. The van der Waals surface area contributed by atoms with E-state index in [0.717, 1.165) is 21.7 Å². The Morgan fingerprint density at radius 2 is 1.64 bits per heavy atom. The molecule has 0 unspecified atom stereocenters. The predicted octanol–water partition coefficient (Wildman–Crippen LogP) is 6.55. The molecule has 1 heterocycles. The maximum absolute atomic E-state index is 14.3. The highest BCUT2D eigenvalue weighted by atomic mass is 32.2. The van der Waals surface area contributed by atoms with E-state index in [2.05, 4.69) is 22.8 Å². The van der Waals surface area contributed by atoms with Crippen molar-refractivity contribution in [3.63, 3.8) is 0 Å². The molecule has 182 valence electrons. The van der Waals surface area contributed by atoms with E-state index in [1.165, 1.54) is 12.1 Å². The molecule has 0 spiro atoms. The van der Waals surface area contributed by atoms with E-state index >= 15 is 0 Å². The Kier molecular flexibility index (Phi) is 6.79. The molecule has 2 aliphatic rings. The van der Waals surface area contributed by atoms with Crippen LogP contribution < -0.4 is 10.6 Å². The van der Waals surface area contributed by atoms with Gasteiger partial charge in [-0.15, -0.1) is 11.8 Å². The molecule has 4 nitrogen and oxygen atoms in total. The number of Topliss-reactive ketones (excluding diaryl/α,β-unsaturated/α-hetero) is 1. The molecule has 1 amide bonds. The monoisotopic (exact) mass is 498 g/mol. The first-order chi connectivity index (χ1) is 17.5. The first-order valence-electron chi connectivity index (χ1n) is 11.9. The average molecular weight is 499 g/mol. The van der Waals surface area contributed by atoms with Gasteiger partial charge >= 0.3 is 0 Å². The van der Waals surface area contributed by atoms with Crippen LogP contribution in [-0.4, -0.2) is 17.9 Å². The number of hydrogen-bond donors (Lipinski definition) is 2. The van der Waals surface area contributed by atoms with Gasteiger partial charge in [-0.1, -0.05) is 54.6 Å². The van der Waals surface area contributed by atoms with E-state index in [0.29, 0.717) is 29.7 Å². The van der Waals surface area contributed by atoms with Gasteiger partial charge in [0.2, 0.25) is 0 Å². The fourth-order valence-corrected chi connectivity index (χ4v) is 5.59. The molecule has 2 atom stereocenters. The van der Waals surface area contributed by atoms with Gasteiger partial charge in [-0.05, 0) is 60.9 Å². The normalized spacial score (nSPS) is 19.6. The number of halogens is 1. The van der Waals surface area contributed by atoms with Crippen molar-refractivity contribution in [2.45, 2.75) is 36.5 Å². The van der Waals surface area contributed by atoms with Crippen LogP contribution in [0.15, 0.2) is 106 Å². The largest absolute Gasteiger partial charge is 0.362 e. The highest BCUT2D eigenvalue weighted by molar-refractivity contribution is 7.98. The molecule has 1 aliphatic heterocycles. The second kappa shape index (κ2) is 10.2. The number of anilines is 1. The Morgan fingerprint density at radius 3 is 2.33 bits per heavy atom. The molecule has 0 radical (unpaired) electrons. The van der Waals surface area contributed by atoms with Crippen molar-refractivity contribution >= 4 is 29.1 Å². The van der Waals surface area contributed by atoms with E-state index in [4.69, 9.17) is 0 Å². The number of allylic oxidation sites excluding steroid dienone is 3. The summed E-state index contributed by atoms with van der Waals surface area (Å²) < 4.78 is 14.3. The summed E-state index contributed by atoms with van der Waals surface area (Å²) in [7, 11) is 0. The summed E-state index contributed by atoms with van der Waals surface area (Å²) >= 11 is 1.63. The molecule has 36 heavy (non-hydrogen) atoms. The Bertz CT molecular complexity index is 1380. The second-order valence-corrected chi connectivity index (χ2v) is 10.0. The summed E-state index contributed by atoms with van der Waals surface area (Å²) in [5, 5.41) is 6.11. The minimum Gasteiger partial charge on any atom is -0.362 e. The molecule has 6 heteroatoms. The molecule has 0 fully saturated rings. The molecule has 0 saturated heterocycles. The lowest BCUT2D eigenvalue weighted by molar-refractivity contribution is -0.116. The number of rotatable bonds is 5. The zero-order chi connectivity index (χ0) is 25.2. The SMILES string of the molecule is CSc1ccc([C@@H]2C(C(=O)Nc3ccccc3F)=C(C)NC3=C2C(=O)C[C@@H](c2ccccc2)C3)cc1. The van der Waals surface area contributed by atoms with Crippen molar-refractivity contribution in [3.05, 3.63) is 118 Å². The molecule has 0 saturated carbocycles. The summed E-state index contributed by atoms with van der Waals surface area (Å²) in [6.07, 6.45) is 3.07. The zero-order valence-electron chi connectivity index (χ0n) is 20.2. The molecular formula is C30H27FN2O2S. The van der Waals surface area contributed by atoms with Crippen LogP contribution in [0.1, 0.15) is 42.7 Å². The minimum atomic E-state index is -0.534. The summed E-state index contributed by atoms with van der Waals surface area (Å²) in [5.41, 5.74) is 4.69. The molecule has 3 aromatic rings. The first-order valence-corrected chi connectivity index (χ1v) is 13.2. The molecule has 2 N–H and O–H groups in total. The summed E-state index contributed by atoms with van der Waals surface area (Å²) in [4.78, 5) is 28.4. The van der Waals surface area contributed by atoms with Crippen molar-refractivity contribution in [2.24, 2.45) is 0 Å². The van der Waals surface area contributed by atoms with E-state index in [1.807, 2.05) is 55.6 Å². The number of nitrogens with one attached hydrogen (secondary N) is 2. The number of ketones is 1. The minimum absolute atomic E-state index is 0.0280. The van der Waals surface area contributed by atoms with E-state index in [-0.39, 0.29) is 17.4 Å². The molecule has 0 aromatic heterocycles. The Labute approximate surface area is 214 Å². The standard InChI is InChI=1S/C30H27FN2O2S/c1-18-27(30(35)33-24-11-7-6-10-23(24)31)28(20-12-14-22(36-2)15-13-20)29-25(32-18)16-21(17-26(29)34)19-8-4-3-5-9-19/h3-15,21,28,32H,16-17H2,1-2H3,(H,33,35)/t21-,28+/m0/s1. The van der Waals surface area contributed by atoms with Gasteiger partial charge in [-0.2, -0.15) is 0 Å². The molecule has 3 aromatic carbocycles. The van der Waals surface area contributed by atoms with Crippen molar-refractivity contribution < 1.29 is 14.0 Å². The van der Waals surface area contributed by atoms with E-state index < -0.39 is 17.6 Å². The summed E-state index contributed by atoms with van der Waals surface area (Å²) in [6, 6.07) is 24.1. The lowest BCUT2D eigenvalue weighted by Gasteiger charge is -2.37. The lowest BCUT2D eigenvalue weighted by atomic mass is 9.71. The van der Waals surface area contributed by atoms with E-state index in [9.17, 15) is 14.0 Å². The van der Waals surface area contributed by atoms with Crippen molar-refractivity contribution in [1.29, 1.82) is 0 Å². The Hall–Kier alpha value is -3.64. The summed E-state index contributed by atoms with van der Waals surface area (Å²) in [5.74, 6) is -1.36. The molecule has 0 bridgehead atoms. The number of thioether (sulfide) groups is 1. The third kappa shape index (κ3) is 4.61. The molecule has 5 rings (SSSR count). The van der Waals surface area contributed by atoms with Crippen molar-refractivity contribution in [1.82, 2.24) is 5.32 Å². The van der Waals surface area contributed by atoms with Crippen LogP contribution in [0.2, 0.25) is 0 Å². The van der Waals surface area contributed by atoms with Crippen LogP contribution in [0, 0.1) is 5.82 Å². The van der Waals surface area contributed by atoms with Gasteiger partial charge in [0.25, 0.3) is 5.91 Å². The Balaban J connectivity index is 1.57. The van der Waals surface area contributed by atoms with E-state index in [1.54, 1.807) is 23.9 Å². The number of benzene rings is 3. The topological polar surface area (TPSA) is 58.2 Å². The number of amides is 1. The van der Waals surface area contributed by atoms with Gasteiger partial charge in [0.1, 0.15) is 5.82 Å². The summed E-state index contributed by atoms with van der Waals surface area (Å²) in [6.45, 7) is 1.85. The second-order valence-electron chi connectivity index (χ2n) is 9.14. The number of carbonyl (C=O) groups is 2. The number of para-hydroxylation sites is 1. The quantitative estimate of drug-likeness (QED) is 0.392. The fourth-order valence-electron chi connectivity index (χ4n) is 5.18. The number of hydrogen-bond acceptors (Lipinski definition) is 4. The molecular weight excluding hydrogens is 471 g/mol. The van der Waals surface area contributed by atoms with Crippen LogP contribution in [0.5, 0.6) is 0 Å². The van der Waals surface area contributed by atoms with Gasteiger partial charge in [0, 0.05) is 39.8 Å². The average Bonchev–Trinajstić information content (AvgIpc) is 2.89. The van der Waals surface area contributed by atoms with Crippen molar-refractivity contribution in [3.8, 4) is 0 Å².